The van der Waals surface area contributed by atoms with E-state index in [1.54, 1.807) is 3.58 Å². The van der Waals surface area contributed by atoms with Crippen LogP contribution >= 0.6 is 0 Å². The normalized spacial score (nSPS) is 24.9. The Morgan fingerprint density at radius 1 is 0.679 bits per heavy atom. The molecule has 3 aliphatic carbocycles. The molecule has 0 radical (unpaired) electrons. The van der Waals surface area contributed by atoms with E-state index in [2.05, 4.69) is 24.3 Å². The summed E-state index contributed by atoms with van der Waals surface area (Å²) in [5.74, 6) is 0. The van der Waals surface area contributed by atoms with E-state index < -0.39 is 18.4 Å². The van der Waals surface area contributed by atoms with Crippen LogP contribution in [0.15, 0.2) is 24.3 Å². The second-order valence-corrected chi connectivity index (χ2v) is 24.1. The summed E-state index contributed by atoms with van der Waals surface area (Å²) in [7, 11) is 0. The minimum absolute atomic E-state index is 0.303. The molecule has 4 rings (SSSR count). The molecule has 0 bridgehead atoms. The van der Waals surface area contributed by atoms with Gasteiger partial charge in [0.15, 0.2) is 0 Å². The van der Waals surface area contributed by atoms with Gasteiger partial charge < -0.3 is 0 Å². The quantitative estimate of drug-likeness (QED) is 0.428. The first-order valence-corrected chi connectivity index (χ1v) is 18.9. The van der Waals surface area contributed by atoms with Gasteiger partial charge in [-0.1, -0.05) is 0 Å². The summed E-state index contributed by atoms with van der Waals surface area (Å²) >= 11 is -2.79. The zero-order valence-electron chi connectivity index (χ0n) is 18.2. The molecule has 0 aromatic heterocycles. The molecule has 1 aromatic rings. The number of hydrogen-bond donors (Lipinski definition) is 1. The first-order valence-electron chi connectivity index (χ1n) is 12.5. The van der Waals surface area contributed by atoms with Gasteiger partial charge in [0, 0.05) is 0 Å². The molecule has 0 saturated heterocycles. The molecule has 2 heteroatoms. The Kier molecular flexibility index (Phi) is 7.47. The van der Waals surface area contributed by atoms with Gasteiger partial charge in [-0.05, 0) is 0 Å². The van der Waals surface area contributed by atoms with Gasteiger partial charge in [-0.2, -0.15) is 0 Å². The van der Waals surface area contributed by atoms with Gasteiger partial charge in [0.1, 0.15) is 0 Å². The van der Waals surface area contributed by atoms with Crippen LogP contribution < -0.4 is 3.58 Å². The predicted molar refractivity (Wildman–Crippen MR) is 123 cm³/mol. The molecule has 0 heterocycles. The fourth-order valence-corrected chi connectivity index (χ4v) is 32.2. The van der Waals surface area contributed by atoms with E-state index in [4.69, 9.17) is 0 Å². The molecule has 1 atom stereocenters. The molecule has 3 aliphatic rings. The number of benzene rings is 1. The predicted octanol–water partition coefficient (Wildman–Crippen LogP) is 7.40. The van der Waals surface area contributed by atoms with Gasteiger partial charge in [-0.25, -0.2) is 0 Å². The van der Waals surface area contributed by atoms with Crippen LogP contribution in [0, 0.1) is 0 Å². The van der Waals surface area contributed by atoms with E-state index in [1.165, 1.54) is 102 Å². The molecule has 0 amide bonds. The topological polar surface area (TPSA) is 20.2 Å². The molecule has 28 heavy (non-hydrogen) atoms. The Bertz CT molecular complexity index is 561. The zero-order valence-corrected chi connectivity index (χ0v) is 21.0. The van der Waals surface area contributed by atoms with Crippen LogP contribution in [-0.4, -0.2) is 23.5 Å². The van der Waals surface area contributed by atoms with Crippen LogP contribution in [0.3, 0.4) is 0 Å². The molecular formula is C26H42OSn. The van der Waals surface area contributed by atoms with Gasteiger partial charge in [0.05, 0.1) is 0 Å². The molecule has 0 aliphatic heterocycles. The summed E-state index contributed by atoms with van der Waals surface area (Å²) in [6, 6.07) is 9.34. The van der Waals surface area contributed by atoms with E-state index in [0.717, 1.165) is 11.8 Å². The van der Waals surface area contributed by atoms with Crippen molar-refractivity contribution in [2.75, 3.05) is 0 Å². The number of hydrogen-bond acceptors (Lipinski definition) is 1. The van der Waals surface area contributed by atoms with Crippen molar-refractivity contribution >= 4 is 22.0 Å². The standard InChI is InChI=1S/C8H9O.3C6H11.Sn/c1-7(9)8-5-3-2-4-6-8;3*1-2-4-6-5-3-1;/h2-5,7,9H,1H3;3*1H,2-6H2;. The van der Waals surface area contributed by atoms with Crippen molar-refractivity contribution in [3.63, 3.8) is 0 Å². The maximum atomic E-state index is 10.8. The number of aliphatic hydroxyl groups is 1. The molecular weight excluding hydrogens is 447 g/mol. The maximum absolute atomic E-state index is 10.8. The molecule has 3 saturated carbocycles. The van der Waals surface area contributed by atoms with Crippen molar-refractivity contribution in [2.24, 2.45) is 0 Å². The second-order valence-electron chi connectivity index (χ2n) is 10.2. The fraction of sp³-hybridized carbons (Fsp3) is 0.769. The van der Waals surface area contributed by atoms with E-state index in [-0.39, 0.29) is 6.10 Å². The molecule has 0 spiro atoms. The minimum atomic E-state index is -2.79. The summed E-state index contributed by atoms with van der Waals surface area (Å²) in [5.41, 5.74) is 1.33. The average molecular weight is 489 g/mol. The summed E-state index contributed by atoms with van der Waals surface area (Å²) < 4.78 is 4.88. The SMILES string of the molecule is CC(O)c1cccc[c]1[Sn]([CH]1CCCCC1)([CH]1CCCCC1)[CH]1CCCCC1. The van der Waals surface area contributed by atoms with Gasteiger partial charge >= 0.3 is 178 Å². The third kappa shape index (κ3) is 4.09. The monoisotopic (exact) mass is 490 g/mol. The van der Waals surface area contributed by atoms with Crippen LogP contribution in [0.25, 0.3) is 0 Å². The molecule has 3 fully saturated rings. The third-order valence-electron chi connectivity index (χ3n) is 8.72. The van der Waals surface area contributed by atoms with Crippen molar-refractivity contribution in [3.8, 4) is 0 Å². The second kappa shape index (κ2) is 9.86. The molecule has 156 valence electrons. The summed E-state index contributed by atoms with van der Waals surface area (Å²) in [6.45, 7) is 2.03. The van der Waals surface area contributed by atoms with Gasteiger partial charge in [-0.15, -0.1) is 0 Å². The van der Waals surface area contributed by atoms with Crippen molar-refractivity contribution < 1.29 is 5.11 Å². The van der Waals surface area contributed by atoms with Crippen molar-refractivity contribution in [3.05, 3.63) is 29.8 Å². The van der Waals surface area contributed by atoms with E-state index in [9.17, 15) is 5.11 Å². The zero-order chi connectivity index (χ0) is 19.4. The van der Waals surface area contributed by atoms with E-state index in [0.29, 0.717) is 0 Å². The van der Waals surface area contributed by atoms with Gasteiger partial charge in [0.25, 0.3) is 0 Å². The summed E-state index contributed by atoms with van der Waals surface area (Å²) in [6.07, 6.45) is 22.0. The first kappa shape index (κ1) is 21.2. The first-order chi connectivity index (χ1) is 13.7. The Morgan fingerprint density at radius 3 is 1.46 bits per heavy atom. The van der Waals surface area contributed by atoms with Crippen molar-refractivity contribution in [1.82, 2.24) is 0 Å². The van der Waals surface area contributed by atoms with E-state index >= 15 is 0 Å². The van der Waals surface area contributed by atoms with Crippen LogP contribution in [0.4, 0.5) is 0 Å². The third-order valence-corrected chi connectivity index (χ3v) is 29.2. The van der Waals surface area contributed by atoms with Crippen molar-refractivity contribution in [2.45, 2.75) is 121 Å². The van der Waals surface area contributed by atoms with Crippen LogP contribution in [-0.2, 0) is 0 Å². The van der Waals surface area contributed by atoms with Crippen LogP contribution in [0.2, 0.25) is 11.8 Å². The fourth-order valence-electron chi connectivity index (χ4n) is 7.66. The molecule has 1 unspecified atom stereocenters. The summed E-state index contributed by atoms with van der Waals surface area (Å²) in [5, 5.41) is 10.8. The van der Waals surface area contributed by atoms with Crippen molar-refractivity contribution in [1.29, 1.82) is 0 Å². The van der Waals surface area contributed by atoms with Crippen LogP contribution in [0.5, 0.6) is 0 Å². The summed E-state index contributed by atoms with van der Waals surface area (Å²) in [4.78, 5) is 0. The van der Waals surface area contributed by atoms with Crippen LogP contribution in [0.1, 0.15) is 115 Å². The Labute approximate surface area is 177 Å². The Hall–Kier alpha value is -0.0213. The van der Waals surface area contributed by atoms with Gasteiger partial charge in [-0.3, -0.25) is 0 Å². The Balaban J connectivity index is 1.88. The number of aliphatic hydroxyl groups excluding tert-OH is 1. The molecule has 1 N–H and O–H groups in total. The number of rotatable bonds is 5. The average Bonchev–Trinajstić information content (AvgIpc) is 2.77. The molecule has 1 nitrogen and oxygen atoms in total. The Morgan fingerprint density at radius 2 is 1.07 bits per heavy atom. The van der Waals surface area contributed by atoms with Gasteiger partial charge in [0.2, 0.25) is 0 Å². The molecule has 1 aromatic carbocycles. The van der Waals surface area contributed by atoms with E-state index in [1.807, 2.05) is 6.92 Å².